The molecule has 0 amide bonds. The van der Waals surface area contributed by atoms with E-state index in [1.807, 2.05) is 6.92 Å². The van der Waals surface area contributed by atoms with Gasteiger partial charge in [-0.15, -0.1) is 11.3 Å². The minimum atomic E-state index is -4.49. The monoisotopic (exact) mass is 320 g/mol. The number of pyridine rings is 1. The third kappa shape index (κ3) is 3.12. The maximum absolute atomic E-state index is 12.5. The van der Waals surface area contributed by atoms with Crippen LogP contribution in [0.4, 0.5) is 13.2 Å². The maximum Gasteiger partial charge on any atom is 0.433 e. The maximum atomic E-state index is 12.5. The molecule has 2 rings (SSSR count). The van der Waals surface area contributed by atoms with Gasteiger partial charge in [0.05, 0.1) is 5.69 Å². The van der Waals surface area contributed by atoms with Gasteiger partial charge in [0, 0.05) is 10.4 Å². The van der Waals surface area contributed by atoms with E-state index in [1.165, 1.54) is 17.4 Å². The van der Waals surface area contributed by atoms with Crippen LogP contribution >= 0.6 is 22.9 Å². The highest BCUT2D eigenvalue weighted by Gasteiger charge is 2.33. The van der Waals surface area contributed by atoms with E-state index in [0.717, 1.165) is 29.5 Å². The molecule has 0 fully saturated rings. The minimum Gasteiger partial charge on any atom is -0.241 e. The van der Waals surface area contributed by atoms with Crippen LogP contribution in [0.5, 0.6) is 0 Å². The largest absolute Gasteiger partial charge is 0.433 e. The summed E-state index contributed by atoms with van der Waals surface area (Å²) in [6, 6.07) is 2.25. The topological polar surface area (TPSA) is 25.8 Å². The van der Waals surface area contributed by atoms with Gasteiger partial charge in [0.1, 0.15) is 15.9 Å². The highest BCUT2D eigenvalue weighted by atomic mass is 35.5. The molecule has 20 heavy (non-hydrogen) atoms. The Morgan fingerprint density at radius 1 is 1.25 bits per heavy atom. The summed E-state index contributed by atoms with van der Waals surface area (Å²) in [4.78, 5) is 8.90. The van der Waals surface area contributed by atoms with Crippen molar-refractivity contribution in [1.29, 1.82) is 0 Å². The van der Waals surface area contributed by atoms with Crippen molar-refractivity contribution in [3.05, 3.63) is 33.6 Å². The predicted octanol–water partition coefficient (Wildman–Crippen LogP) is 5.14. The molecule has 0 unspecified atom stereocenters. The predicted molar refractivity (Wildman–Crippen MR) is 74.1 cm³/mol. The van der Waals surface area contributed by atoms with Crippen molar-refractivity contribution in [2.45, 2.75) is 32.9 Å². The second kappa shape index (κ2) is 5.69. The Bertz CT molecular complexity index is 623. The second-order valence-corrected chi connectivity index (χ2v) is 5.75. The first-order chi connectivity index (χ1) is 9.32. The van der Waals surface area contributed by atoms with E-state index in [2.05, 4.69) is 16.9 Å². The number of alkyl halides is 3. The lowest BCUT2D eigenvalue weighted by atomic mass is 10.2. The minimum absolute atomic E-state index is 0.170. The van der Waals surface area contributed by atoms with E-state index in [9.17, 15) is 13.2 Å². The summed E-state index contributed by atoms with van der Waals surface area (Å²) in [5.41, 5.74) is 0.339. The molecule has 0 atom stereocenters. The van der Waals surface area contributed by atoms with Crippen molar-refractivity contribution in [2.24, 2.45) is 0 Å². The van der Waals surface area contributed by atoms with Crippen molar-refractivity contribution < 1.29 is 13.2 Å². The summed E-state index contributed by atoms with van der Waals surface area (Å²) in [6.07, 6.45) is -2.61. The molecule has 2 nitrogen and oxygen atoms in total. The molecule has 0 aliphatic rings. The number of thiazole rings is 1. The number of hydrogen-bond donors (Lipinski definition) is 0. The third-order valence-electron chi connectivity index (χ3n) is 2.74. The normalized spacial score (nSPS) is 11.9. The fourth-order valence-corrected chi connectivity index (χ4v) is 3.24. The summed E-state index contributed by atoms with van der Waals surface area (Å²) in [6.45, 7) is 3.95. The Morgan fingerprint density at radius 2 is 1.95 bits per heavy atom. The Morgan fingerprint density at radius 3 is 2.50 bits per heavy atom. The van der Waals surface area contributed by atoms with Crippen molar-refractivity contribution in [3.63, 3.8) is 0 Å². The van der Waals surface area contributed by atoms with E-state index >= 15 is 0 Å². The molecule has 0 radical (unpaired) electrons. The molecule has 0 bridgehead atoms. The Balaban J connectivity index is 2.41. The van der Waals surface area contributed by atoms with Crippen molar-refractivity contribution >= 4 is 22.9 Å². The molecule has 2 heterocycles. The molecular formula is C13H12ClF3N2S. The molecule has 0 saturated heterocycles. The number of nitrogens with zero attached hydrogens (tertiary/aromatic N) is 2. The lowest BCUT2D eigenvalue weighted by Gasteiger charge is -2.07. The Kier molecular flexibility index (Phi) is 4.34. The van der Waals surface area contributed by atoms with Gasteiger partial charge in [-0.2, -0.15) is 13.2 Å². The van der Waals surface area contributed by atoms with Crippen LogP contribution in [0.15, 0.2) is 12.1 Å². The van der Waals surface area contributed by atoms with Crippen molar-refractivity contribution in [2.75, 3.05) is 0 Å². The van der Waals surface area contributed by atoms with E-state index in [1.54, 1.807) is 0 Å². The summed E-state index contributed by atoms with van der Waals surface area (Å²) >= 11 is 7.31. The molecule has 0 aromatic carbocycles. The zero-order chi connectivity index (χ0) is 14.9. The SMILES string of the molecule is CCCc1sc(-c2ccc(C(F)(F)F)nc2Cl)nc1C. The molecular weight excluding hydrogens is 309 g/mol. The lowest BCUT2D eigenvalue weighted by molar-refractivity contribution is -0.141. The van der Waals surface area contributed by atoms with E-state index in [4.69, 9.17) is 11.6 Å². The number of hydrogen-bond acceptors (Lipinski definition) is 3. The van der Waals surface area contributed by atoms with Gasteiger partial charge < -0.3 is 0 Å². The van der Waals surface area contributed by atoms with Crippen LogP contribution in [0.2, 0.25) is 5.15 Å². The molecule has 2 aromatic heterocycles. The molecule has 0 spiro atoms. The molecule has 0 N–H and O–H groups in total. The van der Waals surface area contributed by atoms with E-state index < -0.39 is 11.9 Å². The van der Waals surface area contributed by atoms with Crippen molar-refractivity contribution in [1.82, 2.24) is 9.97 Å². The van der Waals surface area contributed by atoms with Gasteiger partial charge in [-0.05, 0) is 25.5 Å². The highest BCUT2D eigenvalue weighted by molar-refractivity contribution is 7.15. The van der Waals surface area contributed by atoms with Crippen LogP contribution in [0, 0.1) is 6.92 Å². The average molecular weight is 321 g/mol. The Labute approximate surface area is 123 Å². The van der Waals surface area contributed by atoms with Gasteiger partial charge in [0.2, 0.25) is 0 Å². The molecule has 108 valence electrons. The molecule has 2 aromatic rings. The number of halogens is 4. The van der Waals surface area contributed by atoms with Gasteiger partial charge in [-0.1, -0.05) is 24.9 Å². The molecule has 7 heteroatoms. The summed E-state index contributed by atoms with van der Waals surface area (Å²) in [7, 11) is 0. The van der Waals surface area contributed by atoms with Crippen LogP contribution in [-0.2, 0) is 12.6 Å². The number of aromatic nitrogens is 2. The molecule has 0 saturated carbocycles. The second-order valence-electron chi connectivity index (χ2n) is 4.31. The van der Waals surface area contributed by atoms with Gasteiger partial charge >= 0.3 is 6.18 Å². The van der Waals surface area contributed by atoms with E-state index in [0.29, 0.717) is 10.6 Å². The van der Waals surface area contributed by atoms with Gasteiger partial charge in [0.25, 0.3) is 0 Å². The molecule has 0 aliphatic heterocycles. The number of rotatable bonds is 3. The van der Waals surface area contributed by atoms with E-state index in [-0.39, 0.29) is 5.15 Å². The third-order valence-corrected chi connectivity index (χ3v) is 4.28. The zero-order valence-electron chi connectivity index (χ0n) is 10.9. The van der Waals surface area contributed by atoms with Crippen LogP contribution in [0.25, 0.3) is 10.6 Å². The van der Waals surface area contributed by atoms with Crippen molar-refractivity contribution in [3.8, 4) is 10.6 Å². The van der Waals surface area contributed by atoms with Crippen LogP contribution in [0.1, 0.15) is 29.6 Å². The first kappa shape index (κ1) is 15.3. The van der Waals surface area contributed by atoms with Crippen LogP contribution < -0.4 is 0 Å². The first-order valence-electron chi connectivity index (χ1n) is 6.03. The van der Waals surface area contributed by atoms with Gasteiger partial charge in [-0.25, -0.2) is 9.97 Å². The fourth-order valence-electron chi connectivity index (χ4n) is 1.75. The van der Waals surface area contributed by atoms with Crippen LogP contribution in [-0.4, -0.2) is 9.97 Å². The van der Waals surface area contributed by atoms with Gasteiger partial charge in [0.15, 0.2) is 0 Å². The van der Waals surface area contributed by atoms with Gasteiger partial charge in [-0.3, -0.25) is 0 Å². The number of aryl methyl sites for hydroxylation is 2. The van der Waals surface area contributed by atoms with Crippen LogP contribution in [0.3, 0.4) is 0 Å². The molecule has 0 aliphatic carbocycles. The summed E-state index contributed by atoms with van der Waals surface area (Å²) in [5, 5.41) is 0.439. The summed E-state index contributed by atoms with van der Waals surface area (Å²) in [5.74, 6) is 0. The standard InChI is InChI=1S/C13H12ClF3N2S/c1-3-4-9-7(2)18-12(20-9)8-5-6-10(13(15,16)17)19-11(8)14/h5-6H,3-4H2,1-2H3. The summed E-state index contributed by atoms with van der Waals surface area (Å²) < 4.78 is 37.6. The fraction of sp³-hybridized carbons (Fsp3) is 0.385. The first-order valence-corrected chi connectivity index (χ1v) is 7.22. The highest BCUT2D eigenvalue weighted by Crippen LogP contribution is 2.35. The quantitative estimate of drug-likeness (QED) is 0.732. The Hall–Kier alpha value is -1.14. The average Bonchev–Trinajstić information content (AvgIpc) is 2.70. The smallest absolute Gasteiger partial charge is 0.241 e. The zero-order valence-corrected chi connectivity index (χ0v) is 12.5. The lowest BCUT2D eigenvalue weighted by Crippen LogP contribution is -2.07.